The van der Waals surface area contributed by atoms with Crippen LogP contribution in [0.3, 0.4) is 0 Å². The molecule has 0 aromatic carbocycles. The largest absolute Gasteiger partial charge is 0.339 e. The van der Waals surface area contributed by atoms with Gasteiger partial charge in [0.05, 0.1) is 6.67 Å². The molecule has 0 rings (SSSR count). The summed E-state index contributed by atoms with van der Waals surface area (Å²) in [6.45, 7) is 4.17. The lowest BCUT2D eigenvalue weighted by atomic mass is 10.6. The summed E-state index contributed by atoms with van der Waals surface area (Å²) < 4.78 is 0. The van der Waals surface area contributed by atoms with Crippen molar-refractivity contribution in [2.24, 2.45) is 0 Å². The highest BCUT2D eigenvalue weighted by Crippen LogP contribution is 1.76. The van der Waals surface area contributed by atoms with E-state index in [0.29, 0.717) is 19.6 Å². The zero-order chi connectivity index (χ0) is 7.98. The quantitative estimate of drug-likeness (QED) is 0.429. The Morgan fingerprint density at radius 2 is 2.30 bits per heavy atom. The Balaban J connectivity index is 3.44. The van der Waals surface area contributed by atoms with Crippen molar-refractivity contribution < 1.29 is 9.59 Å². The van der Waals surface area contributed by atoms with E-state index >= 15 is 0 Å². The first kappa shape index (κ1) is 8.94. The summed E-state index contributed by atoms with van der Waals surface area (Å²) in [7, 11) is 0. The predicted octanol–water partition coefficient (Wildman–Crippen LogP) is -0.442. The van der Waals surface area contributed by atoms with Crippen LogP contribution in [0.1, 0.15) is 13.8 Å². The van der Waals surface area contributed by atoms with Crippen LogP contribution in [0.15, 0.2) is 0 Å². The summed E-state index contributed by atoms with van der Waals surface area (Å²) in [5.74, 6) is -0.125. The fraction of sp³-hybridized carbons (Fsp3) is 0.667. The standard InChI is InChI=1S/C6H12N2O2/c1-3-8(5-9)4-7-6(2)10/h5H,3-4H2,1-2H3,(H,7,10). The molecule has 4 nitrogen and oxygen atoms in total. The van der Waals surface area contributed by atoms with Gasteiger partial charge in [0.1, 0.15) is 0 Å². The van der Waals surface area contributed by atoms with E-state index in [2.05, 4.69) is 5.32 Å². The molecule has 0 unspecified atom stereocenters. The van der Waals surface area contributed by atoms with E-state index in [1.165, 1.54) is 11.8 Å². The zero-order valence-electron chi connectivity index (χ0n) is 6.26. The van der Waals surface area contributed by atoms with Gasteiger partial charge in [0, 0.05) is 13.5 Å². The minimum atomic E-state index is -0.125. The number of nitrogens with zero attached hydrogens (tertiary/aromatic N) is 1. The number of carbonyl (C=O) groups is 2. The first-order chi connectivity index (χ1) is 4.70. The van der Waals surface area contributed by atoms with Crippen molar-refractivity contribution in [1.82, 2.24) is 10.2 Å². The molecule has 10 heavy (non-hydrogen) atoms. The molecular formula is C6H12N2O2. The molecule has 0 atom stereocenters. The van der Waals surface area contributed by atoms with Crippen LogP contribution in [0.2, 0.25) is 0 Å². The van der Waals surface area contributed by atoms with Gasteiger partial charge in [-0.2, -0.15) is 0 Å². The van der Waals surface area contributed by atoms with E-state index in [-0.39, 0.29) is 5.91 Å². The van der Waals surface area contributed by atoms with Crippen LogP contribution in [-0.4, -0.2) is 30.4 Å². The van der Waals surface area contributed by atoms with Crippen molar-refractivity contribution in [3.8, 4) is 0 Å². The lowest BCUT2D eigenvalue weighted by molar-refractivity contribution is -0.122. The van der Waals surface area contributed by atoms with Crippen LogP contribution >= 0.6 is 0 Å². The van der Waals surface area contributed by atoms with Gasteiger partial charge in [0.2, 0.25) is 12.3 Å². The second-order valence-electron chi connectivity index (χ2n) is 1.90. The normalized spacial score (nSPS) is 8.60. The van der Waals surface area contributed by atoms with E-state index in [9.17, 15) is 9.59 Å². The Bertz CT molecular complexity index is 125. The van der Waals surface area contributed by atoms with Crippen molar-refractivity contribution in [3.05, 3.63) is 0 Å². The van der Waals surface area contributed by atoms with E-state index in [0.717, 1.165) is 0 Å². The van der Waals surface area contributed by atoms with Crippen molar-refractivity contribution in [3.63, 3.8) is 0 Å². The molecule has 0 aromatic heterocycles. The van der Waals surface area contributed by atoms with Crippen molar-refractivity contribution >= 4 is 12.3 Å². The Morgan fingerprint density at radius 3 is 2.60 bits per heavy atom. The molecule has 0 bridgehead atoms. The van der Waals surface area contributed by atoms with Crippen molar-refractivity contribution in [1.29, 1.82) is 0 Å². The molecule has 0 fully saturated rings. The van der Waals surface area contributed by atoms with Gasteiger partial charge >= 0.3 is 0 Å². The van der Waals surface area contributed by atoms with Crippen LogP contribution in [0.5, 0.6) is 0 Å². The number of amides is 2. The van der Waals surface area contributed by atoms with Gasteiger partial charge in [-0.3, -0.25) is 9.59 Å². The van der Waals surface area contributed by atoms with Gasteiger partial charge in [-0.05, 0) is 6.92 Å². The van der Waals surface area contributed by atoms with E-state index in [1.54, 1.807) is 0 Å². The molecule has 0 heterocycles. The number of hydrogen-bond acceptors (Lipinski definition) is 2. The van der Waals surface area contributed by atoms with Gasteiger partial charge in [0.25, 0.3) is 0 Å². The molecule has 4 heteroatoms. The highest BCUT2D eigenvalue weighted by Gasteiger charge is 1.96. The maximum atomic E-state index is 10.3. The van der Waals surface area contributed by atoms with Crippen LogP contribution in [0, 0.1) is 0 Å². The SMILES string of the molecule is CCN(C=O)CNC(C)=O. The summed E-state index contributed by atoms with van der Waals surface area (Å²) in [5.41, 5.74) is 0. The molecule has 0 saturated heterocycles. The van der Waals surface area contributed by atoms with Gasteiger partial charge in [-0.15, -0.1) is 0 Å². The molecule has 1 N–H and O–H groups in total. The van der Waals surface area contributed by atoms with Crippen molar-refractivity contribution in [2.45, 2.75) is 13.8 Å². The third-order valence-corrected chi connectivity index (χ3v) is 1.09. The van der Waals surface area contributed by atoms with Gasteiger partial charge in [-0.1, -0.05) is 0 Å². The third-order valence-electron chi connectivity index (χ3n) is 1.09. The van der Waals surface area contributed by atoms with E-state index in [1.807, 2.05) is 6.92 Å². The molecular weight excluding hydrogens is 132 g/mol. The Labute approximate surface area is 60.2 Å². The monoisotopic (exact) mass is 144 g/mol. The second-order valence-corrected chi connectivity index (χ2v) is 1.90. The molecule has 0 spiro atoms. The van der Waals surface area contributed by atoms with E-state index in [4.69, 9.17) is 0 Å². The maximum absolute atomic E-state index is 10.3. The van der Waals surface area contributed by atoms with Crippen molar-refractivity contribution in [2.75, 3.05) is 13.2 Å². The maximum Gasteiger partial charge on any atom is 0.218 e. The number of nitrogens with one attached hydrogen (secondary N) is 1. The smallest absolute Gasteiger partial charge is 0.218 e. The van der Waals surface area contributed by atoms with Gasteiger partial charge < -0.3 is 10.2 Å². The fourth-order valence-electron chi connectivity index (χ4n) is 0.436. The second kappa shape index (κ2) is 4.78. The molecule has 0 radical (unpaired) electrons. The zero-order valence-corrected chi connectivity index (χ0v) is 6.26. The summed E-state index contributed by atoms with van der Waals surface area (Å²) in [6, 6.07) is 0. The van der Waals surface area contributed by atoms with Crippen LogP contribution in [0.4, 0.5) is 0 Å². The minimum absolute atomic E-state index is 0.125. The Hall–Kier alpha value is -1.06. The lowest BCUT2D eigenvalue weighted by Gasteiger charge is -2.13. The summed E-state index contributed by atoms with van der Waals surface area (Å²) in [5, 5.41) is 2.50. The van der Waals surface area contributed by atoms with Crippen LogP contribution in [0.25, 0.3) is 0 Å². The molecule has 0 aromatic rings. The topological polar surface area (TPSA) is 49.4 Å². The fourth-order valence-corrected chi connectivity index (χ4v) is 0.436. The minimum Gasteiger partial charge on any atom is -0.339 e. The molecule has 2 amide bonds. The summed E-state index contributed by atoms with van der Waals surface area (Å²) >= 11 is 0. The molecule has 58 valence electrons. The van der Waals surface area contributed by atoms with Crippen LogP contribution < -0.4 is 5.32 Å². The number of rotatable bonds is 4. The summed E-state index contributed by atoms with van der Waals surface area (Å²) in [4.78, 5) is 21.9. The van der Waals surface area contributed by atoms with Gasteiger partial charge in [0.15, 0.2) is 0 Å². The van der Waals surface area contributed by atoms with E-state index < -0.39 is 0 Å². The van der Waals surface area contributed by atoms with Crippen LogP contribution in [-0.2, 0) is 9.59 Å². The lowest BCUT2D eigenvalue weighted by Crippen LogP contribution is -2.35. The first-order valence-corrected chi connectivity index (χ1v) is 3.14. The molecule has 0 saturated carbocycles. The molecule has 0 aliphatic carbocycles. The Kier molecular flexibility index (Phi) is 4.28. The predicted molar refractivity (Wildman–Crippen MR) is 37.1 cm³/mol. The Morgan fingerprint density at radius 1 is 1.70 bits per heavy atom. The summed E-state index contributed by atoms with van der Waals surface area (Å²) in [6.07, 6.45) is 0.704. The number of carbonyl (C=O) groups excluding carboxylic acids is 2. The molecule has 0 aliphatic rings. The number of hydrogen-bond donors (Lipinski definition) is 1. The van der Waals surface area contributed by atoms with Gasteiger partial charge in [-0.25, -0.2) is 0 Å². The highest BCUT2D eigenvalue weighted by molar-refractivity contribution is 5.72. The average Bonchev–Trinajstić information content (AvgIpc) is 1.90. The highest BCUT2D eigenvalue weighted by atomic mass is 16.2. The molecule has 0 aliphatic heterocycles. The third kappa shape index (κ3) is 3.88. The average molecular weight is 144 g/mol. The first-order valence-electron chi connectivity index (χ1n) is 3.14.